The number of benzene rings is 1. The van der Waals surface area contributed by atoms with Crippen LogP contribution in [-0.2, 0) is 18.4 Å². The van der Waals surface area contributed by atoms with Crippen molar-refractivity contribution in [3.8, 4) is 5.75 Å². The van der Waals surface area contributed by atoms with E-state index in [2.05, 4.69) is 13.8 Å². The van der Waals surface area contributed by atoms with Gasteiger partial charge < -0.3 is 13.9 Å². The lowest BCUT2D eigenvalue weighted by molar-refractivity contribution is -0.135. The number of hydrogen-bond donors (Lipinski definition) is 0. The topological polar surface area (TPSA) is 70.3 Å². The number of para-hydroxylation sites is 1. The van der Waals surface area contributed by atoms with E-state index in [4.69, 9.17) is 4.74 Å². The molecule has 0 N–H and O–H groups in total. The first-order chi connectivity index (χ1) is 13.8. The molecule has 6 nitrogen and oxygen atoms in total. The molecule has 1 aromatic carbocycles. The fourth-order valence-electron chi connectivity index (χ4n) is 4.06. The Morgan fingerprint density at radius 1 is 1.10 bits per heavy atom. The standard InChI is InChI=1S/C23H24N2O4/c1-13(2)12-25-18-8-6-5-7-15(18)10-17(22(25)27)16-11-20(26)29-19-9-14(3)24(4)23(28)21(16)19/h5-10,13,16H,11-12H2,1-4H3/t16-/m0/s1. The van der Waals surface area contributed by atoms with Crippen LogP contribution in [0.3, 0.4) is 0 Å². The van der Waals surface area contributed by atoms with Crippen molar-refractivity contribution in [1.29, 1.82) is 0 Å². The molecule has 0 spiro atoms. The summed E-state index contributed by atoms with van der Waals surface area (Å²) in [6, 6.07) is 11.2. The number of carbonyl (C=O) groups is 1. The van der Waals surface area contributed by atoms with Gasteiger partial charge in [0.15, 0.2) is 0 Å². The van der Waals surface area contributed by atoms with Gasteiger partial charge in [0.2, 0.25) is 0 Å². The lowest BCUT2D eigenvalue weighted by Crippen LogP contribution is -2.35. The van der Waals surface area contributed by atoms with Gasteiger partial charge in [0.1, 0.15) is 5.75 Å². The van der Waals surface area contributed by atoms with Crippen LogP contribution in [0.25, 0.3) is 10.9 Å². The fraction of sp³-hybridized carbons (Fsp3) is 0.348. The molecule has 1 atom stereocenters. The second kappa shape index (κ2) is 7.03. The number of rotatable bonds is 3. The molecule has 0 bridgehead atoms. The van der Waals surface area contributed by atoms with Gasteiger partial charge in [-0.2, -0.15) is 0 Å². The van der Waals surface area contributed by atoms with E-state index in [1.807, 2.05) is 30.3 Å². The van der Waals surface area contributed by atoms with Gasteiger partial charge >= 0.3 is 5.97 Å². The van der Waals surface area contributed by atoms with E-state index in [1.165, 1.54) is 4.57 Å². The average molecular weight is 392 g/mol. The third kappa shape index (κ3) is 3.18. The van der Waals surface area contributed by atoms with Crippen molar-refractivity contribution >= 4 is 16.9 Å². The molecule has 3 aromatic rings. The quantitative estimate of drug-likeness (QED) is 0.642. The van der Waals surface area contributed by atoms with Gasteiger partial charge in [-0.25, -0.2) is 0 Å². The minimum absolute atomic E-state index is 0.0272. The van der Waals surface area contributed by atoms with Crippen LogP contribution in [0.2, 0.25) is 0 Å². The Bertz CT molecular complexity index is 1250. The van der Waals surface area contributed by atoms with Gasteiger partial charge in [-0.15, -0.1) is 0 Å². The Labute approximate surface area is 168 Å². The molecular weight excluding hydrogens is 368 g/mol. The summed E-state index contributed by atoms with van der Waals surface area (Å²) in [6.07, 6.45) is -0.0272. The van der Waals surface area contributed by atoms with Crippen LogP contribution < -0.4 is 15.9 Å². The lowest BCUT2D eigenvalue weighted by atomic mass is 9.87. The number of hydrogen-bond acceptors (Lipinski definition) is 4. The Kier molecular flexibility index (Phi) is 4.65. The summed E-state index contributed by atoms with van der Waals surface area (Å²) in [5.74, 6) is -0.528. The van der Waals surface area contributed by atoms with E-state index in [0.717, 1.165) is 10.9 Å². The molecule has 0 saturated carbocycles. The molecule has 150 valence electrons. The van der Waals surface area contributed by atoms with E-state index < -0.39 is 11.9 Å². The van der Waals surface area contributed by atoms with Crippen molar-refractivity contribution in [2.45, 2.75) is 39.7 Å². The summed E-state index contributed by atoms with van der Waals surface area (Å²) in [5, 5.41) is 0.909. The van der Waals surface area contributed by atoms with Crippen molar-refractivity contribution in [1.82, 2.24) is 9.13 Å². The minimum Gasteiger partial charge on any atom is -0.426 e. The van der Waals surface area contributed by atoms with E-state index >= 15 is 0 Å². The van der Waals surface area contributed by atoms with Gasteiger partial charge in [0, 0.05) is 36.8 Å². The second-order valence-corrected chi connectivity index (χ2v) is 8.13. The maximum absolute atomic E-state index is 13.5. The second-order valence-electron chi connectivity index (χ2n) is 8.13. The van der Waals surface area contributed by atoms with Crippen LogP contribution >= 0.6 is 0 Å². The van der Waals surface area contributed by atoms with Crippen molar-refractivity contribution in [2.75, 3.05) is 0 Å². The smallest absolute Gasteiger partial charge is 0.312 e. The van der Waals surface area contributed by atoms with Crippen LogP contribution in [0.15, 0.2) is 46.0 Å². The number of esters is 1. The zero-order chi connectivity index (χ0) is 20.9. The molecule has 0 amide bonds. The number of carbonyl (C=O) groups excluding carboxylic acids is 1. The van der Waals surface area contributed by atoms with Crippen molar-refractivity contribution in [2.24, 2.45) is 13.0 Å². The van der Waals surface area contributed by atoms with E-state index in [0.29, 0.717) is 23.4 Å². The number of pyridine rings is 2. The number of fused-ring (bicyclic) bond motifs is 2. The Balaban J connectivity index is 2.03. The van der Waals surface area contributed by atoms with Crippen LogP contribution in [0.1, 0.15) is 43.0 Å². The summed E-state index contributed by atoms with van der Waals surface area (Å²) in [7, 11) is 1.68. The number of aromatic nitrogens is 2. The van der Waals surface area contributed by atoms with E-state index in [1.54, 1.807) is 24.6 Å². The predicted molar refractivity (Wildman–Crippen MR) is 112 cm³/mol. The largest absolute Gasteiger partial charge is 0.426 e. The van der Waals surface area contributed by atoms with Gasteiger partial charge in [0.25, 0.3) is 11.1 Å². The molecule has 0 aliphatic carbocycles. The molecule has 0 radical (unpaired) electrons. The van der Waals surface area contributed by atoms with Gasteiger partial charge in [-0.3, -0.25) is 14.4 Å². The molecule has 0 unspecified atom stereocenters. The monoisotopic (exact) mass is 392 g/mol. The van der Waals surface area contributed by atoms with Crippen molar-refractivity contribution < 1.29 is 9.53 Å². The third-order valence-corrected chi connectivity index (χ3v) is 5.57. The molecule has 1 aliphatic heterocycles. The highest BCUT2D eigenvalue weighted by Crippen LogP contribution is 2.36. The van der Waals surface area contributed by atoms with Crippen molar-refractivity contribution in [3.05, 3.63) is 73.9 Å². The first-order valence-corrected chi connectivity index (χ1v) is 9.81. The Morgan fingerprint density at radius 3 is 2.55 bits per heavy atom. The molecule has 2 aromatic heterocycles. The molecule has 0 saturated heterocycles. The van der Waals surface area contributed by atoms with Crippen LogP contribution in [0.4, 0.5) is 0 Å². The Hall–Kier alpha value is -3.15. The summed E-state index contributed by atoms with van der Waals surface area (Å²) >= 11 is 0. The summed E-state index contributed by atoms with van der Waals surface area (Å²) < 4.78 is 8.65. The van der Waals surface area contributed by atoms with E-state index in [-0.39, 0.29) is 29.2 Å². The maximum atomic E-state index is 13.5. The van der Waals surface area contributed by atoms with E-state index in [9.17, 15) is 14.4 Å². The van der Waals surface area contributed by atoms with Crippen LogP contribution in [0.5, 0.6) is 5.75 Å². The molecular formula is C23H24N2O4. The first-order valence-electron chi connectivity index (χ1n) is 9.81. The molecule has 1 aliphatic rings. The number of nitrogens with zero attached hydrogens (tertiary/aromatic N) is 2. The summed E-state index contributed by atoms with van der Waals surface area (Å²) in [5.41, 5.74) is 1.99. The molecule has 6 heteroatoms. The zero-order valence-corrected chi connectivity index (χ0v) is 17.1. The number of ether oxygens (including phenoxy) is 1. The third-order valence-electron chi connectivity index (χ3n) is 5.57. The van der Waals surface area contributed by atoms with Gasteiger partial charge in [-0.1, -0.05) is 32.0 Å². The predicted octanol–water partition coefficient (Wildman–Crippen LogP) is 3.11. The summed E-state index contributed by atoms with van der Waals surface area (Å²) in [6.45, 7) is 6.45. The number of aryl methyl sites for hydroxylation is 1. The zero-order valence-electron chi connectivity index (χ0n) is 17.1. The van der Waals surface area contributed by atoms with Gasteiger partial charge in [-0.05, 0) is 30.4 Å². The van der Waals surface area contributed by atoms with Gasteiger partial charge in [0.05, 0.1) is 17.5 Å². The average Bonchev–Trinajstić information content (AvgIpc) is 2.67. The van der Waals surface area contributed by atoms with Crippen molar-refractivity contribution in [3.63, 3.8) is 0 Å². The first kappa shape index (κ1) is 19.2. The highest BCUT2D eigenvalue weighted by molar-refractivity contribution is 5.81. The van der Waals surface area contributed by atoms with Crippen LogP contribution in [-0.4, -0.2) is 15.1 Å². The SMILES string of the molecule is Cc1cc2c(c(=O)n1C)[C@H](c1cc3ccccc3n(CC(C)C)c1=O)CC(=O)O2. The minimum atomic E-state index is -0.624. The molecule has 29 heavy (non-hydrogen) atoms. The highest BCUT2D eigenvalue weighted by Gasteiger charge is 2.34. The molecule has 3 heterocycles. The highest BCUT2D eigenvalue weighted by atomic mass is 16.5. The fourth-order valence-corrected chi connectivity index (χ4v) is 4.06. The molecule has 4 rings (SSSR count). The lowest BCUT2D eigenvalue weighted by Gasteiger charge is -2.26. The Morgan fingerprint density at radius 2 is 1.83 bits per heavy atom. The summed E-state index contributed by atoms with van der Waals surface area (Å²) in [4.78, 5) is 38.8. The molecule has 0 fully saturated rings. The normalized spacial score (nSPS) is 16.2. The van der Waals surface area contributed by atoms with Crippen LogP contribution in [0, 0.1) is 12.8 Å². The maximum Gasteiger partial charge on any atom is 0.312 e.